The summed E-state index contributed by atoms with van der Waals surface area (Å²) in [7, 11) is -4.36. The molecule has 0 aliphatic rings. The average Bonchev–Trinajstić information content (AvgIpc) is 2.33. The Labute approximate surface area is 150 Å². The molecule has 0 aromatic rings. The van der Waals surface area contributed by atoms with E-state index in [0.717, 1.165) is 11.6 Å². The summed E-state index contributed by atoms with van der Waals surface area (Å²) in [4.78, 5) is 12.4. The number of ether oxygens (including phenoxy) is 1. The third kappa shape index (κ3) is 9.74. The SMILES string of the molecule is C/C(=C/[C@@H](C)S(C)(=O)=O)[C@H](CC(=O)C(C)(C)C)OCC[Si](C)(C)C. The molecule has 0 radical (unpaired) electrons. The van der Waals surface area contributed by atoms with Crippen molar-refractivity contribution in [2.75, 3.05) is 12.9 Å². The molecule has 0 saturated heterocycles. The van der Waals surface area contributed by atoms with Gasteiger partial charge in [-0.15, -0.1) is 0 Å². The second kappa shape index (κ2) is 8.76. The van der Waals surface area contributed by atoms with Crippen LogP contribution in [0.25, 0.3) is 0 Å². The van der Waals surface area contributed by atoms with Gasteiger partial charge < -0.3 is 4.74 Å². The average molecular weight is 377 g/mol. The number of rotatable bonds is 9. The van der Waals surface area contributed by atoms with Crippen LogP contribution in [-0.2, 0) is 19.4 Å². The van der Waals surface area contributed by atoms with Gasteiger partial charge in [0.25, 0.3) is 0 Å². The van der Waals surface area contributed by atoms with Crippen LogP contribution < -0.4 is 0 Å². The van der Waals surface area contributed by atoms with Gasteiger partial charge in [-0.1, -0.05) is 46.5 Å². The third-order valence-electron chi connectivity index (χ3n) is 4.06. The van der Waals surface area contributed by atoms with Crippen molar-refractivity contribution < 1.29 is 17.9 Å². The Morgan fingerprint density at radius 2 is 1.71 bits per heavy atom. The van der Waals surface area contributed by atoms with Gasteiger partial charge in [0.15, 0.2) is 9.84 Å². The first-order valence-corrected chi connectivity index (χ1v) is 14.2. The smallest absolute Gasteiger partial charge is 0.153 e. The molecule has 4 nitrogen and oxygen atoms in total. The monoisotopic (exact) mass is 376 g/mol. The van der Waals surface area contributed by atoms with Gasteiger partial charge in [-0.05, 0) is 25.5 Å². The maximum Gasteiger partial charge on any atom is 0.153 e. The van der Waals surface area contributed by atoms with E-state index in [4.69, 9.17) is 4.74 Å². The van der Waals surface area contributed by atoms with E-state index in [-0.39, 0.29) is 18.3 Å². The van der Waals surface area contributed by atoms with Gasteiger partial charge in [-0.3, -0.25) is 4.79 Å². The molecule has 0 aromatic heterocycles. The van der Waals surface area contributed by atoms with Crippen LogP contribution in [0.4, 0.5) is 0 Å². The number of hydrogen-bond acceptors (Lipinski definition) is 4. The van der Waals surface area contributed by atoms with Gasteiger partial charge in [0.1, 0.15) is 5.78 Å². The summed E-state index contributed by atoms with van der Waals surface area (Å²) in [5.41, 5.74) is 0.393. The molecule has 0 aromatic carbocycles. The highest BCUT2D eigenvalue weighted by molar-refractivity contribution is 7.91. The highest BCUT2D eigenvalue weighted by Crippen LogP contribution is 2.23. The summed E-state index contributed by atoms with van der Waals surface area (Å²) in [5.74, 6) is 0.125. The minimum atomic E-state index is -3.14. The van der Waals surface area contributed by atoms with Crippen LogP contribution in [0.1, 0.15) is 41.0 Å². The molecule has 24 heavy (non-hydrogen) atoms. The second-order valence-corrected chi connectivity index (χ2v) is 17.0. The van der Waals surface area contributed by atoms with E-state index in [9.17, 15) is 13.2 Å². The summed E-state index contributed by atoms with van der Waals surface area (Å²) in [6.07, 6.45) is 2.87. The van der Waals surface area contributed by atoms with Crippen molar-refractivity contribution in [3.63, 3.8) is 0 Å². The minimum Gasteiger partial charge on any atom is -0.374 e. The molecule has 0 heterocycles. The number of carbonyl (C=O) groups is 1. The number of sulfone groups is 1. The lowest BCUT2D eigenvalue weighted by molar-refractivity contribution is -0.128. The summed E-state index contributed by atoms with van der Waals surface area (Å²) in [5, 5.41) is -0.578. The van der Waals surface area contributed by atoms with Crippen molar-refractivity contribution in [3.05, 3.63) is 11.6 Å². The van der Waals surface area contributed by atoms with Crippen molar-refractivity contribution in [2.24, 2.45) is 5.41 Å². The van der Waals surface area contributed by atoms with Crippen molar-refractivity contribution in [2.45, 2.75) is 78.1 Å². The predicted molar refractivity (Wildman–Crippen MR) is 105 cm³/mol. The highest BCUT2D eigenvalue weighted by Gasteiger charge is 2.27. The maximum atomic E-state index is 12.4. The van der Waals surface area contributed by atoms with Gasteiger partial charge >= 0.3 is 0 Å². The lowest BCUT2D eigenvalue weighted by atomic mass is 9.86. The molecule has 0 bridgehead atoms. The summed E-state index contributed by atoms with van der Waals surface area (Å²) >= 11 is 0. The largest absolute Gasteiger partial charge is 0.374 e. The van der Waals surface area contributed by atoms with Gasteiger partial charge in [0.05, 0.1) is 11.4 Å². The van der Waals surface area contributed by atoms with E-state index in [0.29, 0.717) is 6.61 Å². The number of Topliss-reactive ketones (excluding diaryl/α,β-unsaturated/α-hetero) is 1. The fraction of sp³-hybridized carbons (Fsp3) is 0.833. The second-order valence-electron chi connectivity index (χ2n) is 8.99. The molecule has 6 heteroatoms. The van der Waals surface area contributed by atoms with Crippen LogP contribution in [0, 0.1) is 5.41 Å². The lowest BCUT2D eigenvalue weighted by Gasteiger charge is -2.25. The zero-order valence-electron chi connectivity index (χ0n) is 16.9. The van der Waals surface area contributed by atoms with Gasteiger partial charge in [0, 0.05) is 32.8 Å². The lowest BCUT2D eigenvalue weighted by Crippen LogP contribution is -2.30. The van der Waals surface area contributed by atoms with E-state index in [2.05, 4.69) is 19.6 Å². The molecule has 0 aliphatic carbocycles. The van der Waals surface area contributed by atoms with Gasteiger partial charge in [0.2, 0.25) is 0 Å². The fourth-order valence-corrected chi connectivity index (χ4v) is 3.13. The fourth-order valence-electron chi connectivity index (χ4n) is 1.93. The highest BCUT2D eigenvalue weighted by atomic mass is 32.2. The number of hydrogen-bond donors (Lipinski definition) is 0. The molecule has 0 unspecified atom stereocenters. The molecule has 142 valence electrons. The normalized spacial score (nSPS) is 16.8. The Balaban J connectivity index is 5.23. The first-order valence-electron chi connectivity index (χ1n) is 8.56. The molecule has 0 rings (SSSR count). The zero-order valence-corrected chi connectivity index (χ0v) is 18.7. The van der Waals surface area contributed by atoms with Crippen molar-refractivity contribution in [1.82, 2.24) is 0 Å². The molecular formula is C18H36O4SSi. The van der Waals surface area contributed by atoms with Gasteiger partial charge in [-0.2, -0.15) is 0 Å². The van der Waals surface area contributed by atoms with Crippen LogP contribution >= 0.6 is 0 Å². The predicted octanol–water partition coefficient (Wildman–Crippen LogP) is 4.09. The van der Waals surface area contributed by atoms with Crippen LogP contribution in [0.3, 0.4) is 0 Å². The molecule has 0 spiro atoms. The molecule has 0 N–H and O–H groups in total. The van der Waals surface area contributed by atoms with Crippen LogP contribution in [0.2, 0.25) is 25.7 Å². The Morgan fingerprint density at radius 3 is 2.08 bits per heavy atom. The first-order chi connectivity index (χ1) is 10.5. The number of ketones is 1. The van der Waals surface area contributed by atoms with Crippen molar-refractivity contribution >= 4 is 23.7 Å². The van der Waals surface area contributed by atoms with Crippen molar-refractivity contribution in [3.8, 4) is 0 Å². The van der Waals surface area contributed by atoms with Crippen LogP contribution in [0.15, 0.2) is 11.6 Å². The van der Waals surface area contributed by atoms with E-state index in [1.165, 1.54) is 6.26 Å². The first kappa shape index (κ1) is 23.5. The minimum absolute atomic E-state index is 0.125. The van der Waals surface area contributed by atoms with E-state index in [1.807, 2.05) is 27.7 Å². The maximum absolute atomic E-state index is 12.4. The van der Waals surface area contributed by atoms with Crippen molar-refractivity contribution in [1.29, 1.82) is 0 Å². The summed E-state index contributed by atoms with van der Waals surface area (Å²) in [6.45, 7) is 16.6. The van der Waals surface area contributed by atoms with E-state index < -0.39 is 28.6 Å². The molecule has 0 fully saturated rings. The van der Waals surface area contributed by atoms with Gasteiger partial charge in [-0.25, -0.2) is 8.42 Å². The Hall–Kier alpha value is -0.463. The van der Waals surface area contributed by atoms with Crippen LogP contribution in [-0.4, -0.2) is 46.5 Å². The quantitative estimate of drug-likeness (QED) is 0.449. The van der Waals surface area contributed by atoms with Crippen LogP contribution in [0.5, 0.6) is 0 Å². The topological polar surface area (TPSA) is 60.4 Å². The standard InChI is InChI=1S/C18H36O4SSi/c1-14(12-15(2)23(6,20)21)16(13-17(19)18(3,4)5)22-10-11-24(7,8)9/h12,15-16H,10-11,13H2,1-9H3/b14-12-/t15-,16+/m1/s1. The molecule has 2 atom stereocenters. The van der Waals surface area contributed by atoms with E-state index in [1.54, 1.807) is 13.0 Å². The Morgan fingerprint density at radius 1 is 1.21 bits per heavy atom. The molecule has 0 aliphatic heterocycles. The third-order valence-corrected chi connectivity index (χ3v) is 7.25. The summed E-state index contributed by atoms with van der Waals surface area (Å²) in [6, 6.07) is 1.02. The Bertz CT molecular complexity index is 551. The number of carbonyl (C=O) groups excluding carboxylic acids is 1. The Kier molecular flexibility index (Phi) is 8.59. The molecule has 0 amide bonds. The molecule has 0 saturated carbocycles. The zero-order chi connectivity index (χ0) is 19.3. The van der Waals surface area contributed by atoms with E-state index >= 15 is 0 Å². The summed E-state index contributed by atoms with van der Waals surface area (Å²) < 4.78 is 29.3. The molecular weight excluding hydrogens is 340 g/mol.